The van der Waals surface area contributed by atoms with Crippen LogP contribution in [-0.4, -0.2) is 69.7 Å². The molecule has 2 heterocycles. The summed E-state index contributed by atoms with van der Waals surface area (Å²) in [5.74, 6) is 1.01. The predicted octanol–water partition coefficient (Wildman–Crippen LogP) is 0.198. The average Bonchev–Trinajstić information content (AvgIpc) is 2.73. The zero-order valence-electron chi connectivity index (χ0n) is 12.3. The Morgan fingerprint density at radius 3 is 2.58 bits per heavy atom. The van der Waals surface area contributed by atoms with Gasteiger partial charge in [-0.2, -0.15) is 0 Å². The van der Waals surface area contributed by atoms with E-state index in [-0.39, 0.29) is 5.92 Å². The van der Waals surface area contributed by atoms with Gasteiger partial charge in [-0.1, -0.05) is 6.92 Å². The number of likely N-dealkylation sites (N-methyl/N-ethyl adjacent to an activating group) is 1. The van der Waals surface area contributed by atoms with Crippen LogP contribution in [0.1, 0.15) is 19.8 Å². The lowest BCUT2D eigenvalue weighted by Crippen LogP contribution is -2.40. The highest BCUT2D eigenvalue weighted by Gasteiger charge is 2.38. The molecule has 1 N–H and O–H groups in total. The van der Waals surface area contributed by atoms with Crippen LogP contribution >= 0.6 is 0 Å². The van der Waals surface area contributed by atoms with E-state index in [9.17, 15) is 8.42 Å². The van der Waals surface area contributed by atoms with Gasteiger partial charge in [0.25, 0.3) is 0 Å². The van der Waals surface area contributed by atoms with Gasteiger partial charge in [-0.3, -0.25) is 0 Å². The number of sulfonamides is 1. The van der Waals surface area contributed by atoms with E-state index in [1.54, 1.807) is 4.31 Å². The lowest BCUT2D eigenvalue weighted by molar-refractivity contribution is 0.263. The van der Waals surface area contributed by atoms with Crippen molar-refractivity contribution in [3.05, 3.63) is 0 Å². The van der Waals surface area contributed by atoms with Crippen molar-refractivity contribution in [3.63, 3.8) is 0 Å². The molecule has 2 fully saturated rings. The van der Waals surface area contributed by atoms with Gasteiger partial charge in [-0.05, 0) is 51.9 Å². The van der Waals surface area contributed by atoms with Crippen LogP contribution in [0.25, 0.3) is 0 Å². The van der Waals surface area contributed by atoms with Crippen molar-refractivity contribution in [2.75, 3.05) is 46.0 Å². The van der Waals surface area contributed by atoms with Crippen LogP contribution in [0.5, 0.6) is 0 Å². The largest absolute Gasteiger partial charge is 0.316 e. The number of hydrogen-bond acceptors (Lipinski definition) is 4. The van der Waals surface area contributed by atoms with E-state index in [0.29, 0.717) is 30.8 Å². The lowest BCUT2D eigenvalue weighted by atomic mass is 10.0. The zero-order chi connectivity index (χ0) is 14.0. The average molecular weight is 289 g/mol. The van der Waals surface area contributed by atoms with Gasteiger partial charge in [0.1, 0.15) is 0 Å². The van der Waals surface area contributed by atoms with Gasteiger partial charge in [-0.25, -0.2) is 12.7 Å². The third-order valence-electron chi connectivity index (χ3n) is 4.44. The minimum Gasteiger partial charge on any atom is -0.316 e. The predicted molar refractivity (Wildman–Crippen MR) is 77.6 cm³/mol. The second-order valence-corrected chi connectivity index (χ2v) is 8.33. The summed E-state index contributed by atoms with van der Waals surface area (Å²) in [7, 11) is 0.968. The standard InChI is InChI=1S/C13H27N3O2S/c1-11-8-16(9-13(11)15(2)3)19(17,18)10-12-5-4-6-14-7-12/h11-14H,4-10H2,1-3H3. The normalized spacial score (nSPS) is 34.0. The molecule has 2 saturated heterocycles. The number of nitrogens with zero attached hydrogens (tertiary/aromatic N) is 2. The topological polar surface area (TPSA) is 52.7 Å². The van der Waals surface area contributed by atoms with Gasteiger partial charge in [-0.15, -0.1) is 0 Å². The summed E-state index contributed by atoms with van der Waals surface area (Å²) in [5, 5.41) is 3.29. The molecule has 3 atom stereocenters. The Morgan fingerprint density at radius 1 is 1.32 bits per heavy atom. The fraction of sp³-hybridized carbons (Fsp3) is 1.00. The maximum atomic E-state index is 12.5. The van der Waals surface area contributed by atoms with E-state index in [1.807, 2.05) is 14.1 Å². The molecule has 0 bridgehead atoms. The van der Waals surface area contributed by atoms with Crippen LogP contribution in [0.3, 0.4) is 0 Å². The molecule has 112 valence electrons. The molecule has 2 aliphatic rings. The van der Waals surface area contributed by atoms with Crippen LogP contribution in [-0.2, 0) is 10.0 Å². The molecule has 19 heavy (non-hydrogen) atoms. The Labute approximate surface area is 117 Å². The molecule has 3 unspecified atom stereocenters. The fourth-order valence-corrected chi connectivity index (χ4v) is 5.21. The van der Waals surface area contributed by atoms with Crippen LogP contribution in [0.15, 0.2) is 0 Å². The van der Waals surface area contributed by atoms with Crippen LogP contribution in [0, 0.1) is 11.8 Å². The van der Waals surface area contributed by atoms with Gasteiger partial charge in [0.2, 0.25) is 10.0 Å². The van der Waals surface area contributed by atoms with Gasteiger partial charge >= 0.3 is 0 Å². The molecule has 0 aliphatic carbocycles. The van der Waals surface area contributed by atoms with E-state index in [2.05, 4.69) is 17.1 Å². The minimum atomic E-state index is -3.09. The molecule has 0 saturated carbocycles. The second kappa shape index (κ2) is 6.08. The monoisotopic (exact) mass is 289 g/mol. The molecule has 0 aromatic heterocycles. The summed E-state index contributed by atoms with van der Waals surface area (Å²) in [6.45, 7) is 5.34. The third kappa shape index (κ3) is 3.68. The highest BCUT2D eigenvalue weighted by atomic mass is 32.2. The Morgan fingerprint density at radius 2 is 2.05 bits per heavy atom. The Balaban J connectivity index is 1.96. The van der Waals surface area contributed by atoms with E-state index in [1.165, 1.54) is 0 Å². The molecule has 6 heteroatoms. The maximum absolute atomic E-state index is 12.5. The minimum absolute atomic E-state index is 0.285. The lowest BCUT2D eigenvalue weighted by Gasteiger charge is -2.25. The maximum Gasteiger partial charge on any atom is 0.214 e. The molecule has 2 aliphatic heterocycles. The smallest absolute Gasteiger partial charge is 0.214 e. The van der Waals surface area contributed by atoms with E-state index in [0.717, 1.165) is 25.9 Å². The first-order valence-corrected chi connectivity index (χ1v) is 8.86. The first-order chi connectivity index (χ1) is 8.90. The molecule has 0 aromatic carbocycles. The highest BCUT2D eigenvalue weighted by molar-refractivity contribution is 7.89. The highest BCUT2D eigenvalue weighted by Crippen LogP contribution is 2.24. The Bertz CT molecular complexity index is 391. The van der Waals surface area contributed by atoms with Gasteiger partial charge < -0.3 is 10.2 Å². The van der Waals surface area contributed by atoms with Crippen molar-refractivity contribution in [2.45, 2.75) is 25.8 Å². The quantitative estimate of drug-likeness (QED) is 0.803. The zero-order valence-corrected chi connectivity index (χ0v) is 13.1. The molecule has 2 rings (SSSR count). The van der Waals surface area contributed by atoms with Crippen molar-refractivity contribution in [1.29, 1.82) is 0 Å². The van der Waals surface area contributed by atoms with Crippen molar-refractivity contribution < 1.29 is 8.42 Å². The van der Waals surface area contributed by atoms with E-state index in [4.69, 9.17) is 0 Å². The van der Waals surface area contributed by atoms with Crippen LogP contribution < -0.4 is 5.32 Å². The number of rotatable bonds is 4. The second-order valence-electron chi connectivity index (χ2n) is 6.32. The summed E-state index contributed by atoms with van der Waals surface area (Å²) in [6.07, 6.45) is 2.13. The Hall–Kier alpha value is -0.170. The molecule has 0 amide bonds. The number of nitrogens with one attached hydrogen (secondary N) is 1. The summed E-state index contributed by atoms with van der Waals surface area (Å²) in [6, 6.07) is 0.347. The molecule has 0 spiro atoms. The van der Waals surface area contributed by atoms with Gasteiger partial charge in [0.15, 0.2) is 0 Å². The molecular formula is C13H27N3O2S. The first kappa shape index (κ1) is 15.2. The fourth-order valence-electron chi connectivity index (χ4n) is 3.27. The van der Waals surface area contributed by atoms with Crippen molar-refractivity contribution in [2.24, 2.45) is 11.8 Å². The van der Waals surface area contributed by atoms with Crippen molar-refractivity contribution in [3.8, 4) is 0 Å². The summed E-state index contributed by atoms with van der Waals surface area (Å²) < 4.78 is 26.7. The number of hydrogen-bond donors (Lipinski definition) is 1. The summed E-state index contributed by atoms with van der Waals surface area (Å²) >= 11 is 0. The summed E-state index contributed by atoms with van der Waals surface area (Å²) in [5.41, 5.74) is 0. The SMILES string of the molecule is CC1CN(S(=O)(=O)CC2CCCNC2)CC1N(C)C. The Kier molecular flexibility index (Phi) is 4.87. The van der Waals surface area contributed by atoms with E-state index >= 15 is 0 Å². The molecule has 0 radical (unpaired) electrons. The first-order valence-electron chi connectivity index (χ1n) is 7.25. The van der Waals surface area contributed by atoms with Crippen LogP contribution in [0.2, 0.25) is 0 Å². The third-order valence-corrected chi connectivity index (χ3v) is 6.42. The van der Waals surface area contributed by atoms with Gasteiger partial charge in [0.05, 0.1) is 5.75 Å². The van der Waals surface area contributed by atoms with E-state index < -0.39 is 10.0 Å². The van der Waals surface area contributed by atoms with Gasteiger partial charge in [0, 0.05) is 19.1 Å². The molecular weight excluding hydrogens is 262 g/mol. The van der Waals surface area contributed by atoms with Crippen molar-refractivity contribution >= 4 is 10.0 Å². The summed E-state index contributed by atoms with van der Waals surface area (Å²) in [4.78, 5) is 2.14. The molecule has 5 nitrogen and oxygen atoms in total. The van der Waals surface area contributed by atoms with Crippen LogP contribution in [0.4, 0.5) is 0 Å². The molecule has 0 aromatic rings. The number of piperidine rings is 1. The van der Waals surface area contributed by atoms with Crippen molar-refractivity contribution in [1.82, 2.24) is 14.5 Å².